The van der Waals surface area contributed by atoms with Crippen LogP contribution in [0.5, 0.6) is 5.88 Å². The Labute approximate surface area is 299 Å². The van der Waals surface area contributed by atoms with Crippen molar-refractivity contribution in [3.05, 3.63) is 105 Å². The molecule has 2 amide bonds. The van der Waals surface area contributed by atoms with Crippen molar-refractivity contribution < 1.29 is 14.3 Å². The van der Waals surface area contributed by atoms with Gasteiger partial charge in [-0.15, -0.1) is 0 Å². The Balaban J connectivity index is 1.22. The van der Waals surface area contributed by atoms with Crippen molar-refractivity contribution >= 4 is 40.7 Å². The molecule has 0 bridgehead atoms. The lowest BCUT2D eigenvalue weighted by Gasteiger charge is -2.16. The number of rotatable bonds is 13. The van der Waals surface area contributed by atoms with Gasteiger partial charge in [0, 0.05) is 97.9 Å². The van der Waals surface area contributed by atoms with Crippen molar-refractivity contribution in [3.63, 3.8) is 0 Å². The molecule has 0 saturated carbocycles. The van der Waals surface area contributed by atoms with Gasteiger partial charge in [-0.2, -0.15) is 0 Å². The van der Waals surface area contributed by atoms with E-state index in [1.54, 1.807) is 19.5 Å². The van der Waals surface area contributed by atoms with Crippen molar-refractivity contribution in [3.8, 4) is 39.4 Å². The Morgan fingerprint density at radius 1 is 0.940 bits per heavy atom. The lowest BCUT2D eigenvalue weighted by molar-refractivity contribution is -0.120. The number of methoxy groups -OCH3 is 1. The summed E-state index contributed by atoms with van der Waals surface area (Å²) in [6.07, 6.45) is 4.66. The third-order valence-corrected chi connectivity index (χ3v) is 9.38. The second-order valence-corrected chi connectivity index (χ2v) is 12.8. The Bertz CT molecular complexity index is 2120. The van der Waals surface area contributed by atoms with E-state index in [9.17, 15) is 14.4 Å². The molecule has 2 aromatic carbocycles. The highest BCUT2D eigenvalue weighted by Gasteiger charge is 2.21. The second kappa shape index (κ2) is 15.8. The Hall–Kier alpha value is -4.81. The summed E-state index contributed by atoms with van der Waals surface area (Å²) in [6.45, 7) is 4.00. The molecule has 4 N–H and O–H groups in total. The zero-order valence-electron chi connectivity index (χ0n) is 27.7. The van der Waals surface area contributed by atoms with Gasteiger partial charge in [-0.05, 0) is 30.2 Å². The number of aromatic nitrogens is 3. The predicted molar refractivity (Wildman–Crippen MR) is 195 cm³/mol. The van der Waals surface area contributed by atoms with Crippen LogP contribution < -0.4 is 31.6 Å². The normalized spacial score (nSPS) is 14.2. The Morgan fingerprint density at radius 2 is 1.66 bits per heavy atom. The zero-order valence-corrected chi connectivity index (χ0v) is 29.2. The fourth-order valence-electron chi connectivity index (χ4n) is 5.99. The summed E-state index contributed by atoms with van der Waals surface area (Å²) < 4.78 is 7.14. The number of carbonyl (C=O) groups excluding carboxylic acids is 2. The molecule has 0 unspecified atom stereocenters. The third kappa shape index (κ3) is 7.81. The number of nitrogens with zero attached hydrogens (tertiary/aromatic N) is 3. The summed E-state index contributed by atoms with van der Waals surface area (Å²) >= 11 is 14.2. The molecule has 6 rings (SSSR count). The largest absolute Gasteiger partial charge is 0.481 e. The van der Waals surface area contributed by atoms with E-state index in [4.69, 9.17) is 32.9 Å². The first-order valence-electron chi connectivity index (χ1n) is 16.3. The minimum atomic E-state index is -0.175. The average molecular weight is 715 g/mol. The van der Waals surface area contributed by atoms with Crippen LogP contribution in [0.4, 0.5) is 0 Å². The summed E-state index contributed by atoms with van der Waals surface area (Å²) in [5, 5.41) is 13.2. The SMILES string of the molecule is COc1nc(-c2cccc(-c3cccc(-c4ccn5c(=O)c(CNCCNC(C)=O)cnc5c4)c3Cl)c2Cl)ccc1CNC[C@H]1CCC(=O)N1. The van der Waals surface area contributed by atoms with Crippen LogP contribution >= 0.6 is 23.2 Å². The highest BCUT2D eigenvalue weighted by molar-refractivity contribution is 6.39. The molecule has 5 aromatic rings. The van der Waals surface area contributed by atoms with E-state index in [1.807, 2.05) is 60.7 Å². The highest BCUT2D eigenvalue weighted by atomic mass is 35.5. The van der Waals surface area contributed by atoms with Gasteiger partial charge in [0.25, 0.3) is 5.56 Å². The first kappa shape index (κ1) is 35.0. The van der Waals surface area contributed by atoms with E-state index >= 15 is 0 Å². The smallest absolute Gasteiger partial charge is 0.262 e. The van der Waals surface area contributed by atoms with E-state index < -0.39 is 0 Å². The van der Waals surface area contributed by atoms with E-state index in [-0.39, 0.29) is 23.4 Å². The Morgan fingerprint density at radius 3 is 2.38 bits per heavy atom. The fraction of sp³-hybridized carbons (Fsp3) is 0.270. The topological polar surface area (TPSA) is 139 Å². The third-order valence-electron chi connectivity index (χ3n) is 8.57. The lowest BCUT2D eigenvalue weighted by Crippen LogP contribution is -2.35. The number of fused-ring (bicyclic) bond motifs is 1. The molecule has 258 valence electrons. The molecule has 1 aliphatic heterocycles. The molecule has 1 saturated heterocycles. The van der Waals surface area contributed by atoms with Crippen LogP contribution in [0, 0.1) is 0 Å². The van der Waals surface area contributed by atoms with Gasteiger partial charge in [-0.1, -0.05) is 65.7 Å². The molecule has 3 aromatic heterocycles. The van der Waals surface area contributed by atoms with Gasteiger partial charge in [0.05, 0.1) is 22.8 Å². The van der Waals surface area contributed by atoms with Gasteiger partial charge >= 0.3 is 0 Å². The maximum atomic E-state index is 13.1. The molecule has 1 atom stereocenters. The van der Waals surface area contributed by atoms with Gasteiger partial charge in [-0.25, -0.2) is 9.97 Å². The number of hydrogen-bond donors (Lipinski definition) is 4. The van der Waals surface area contributed by atoms with Gasteiger partial charge in [0.2, 0.25) is 17.7 Å². The number of pyridine rings is 2. The fourth-order valence-corrected chi connectivity index (χ4v) is 6.66. The first-order valence-corrected chi connectivity index (χ1v) is 17.1. The number of hydrogen-bond acceptors (Lipinski definition) is 8. The van der Waals surface area contributed by atoms with Gasteiger partial charge < -0.3 is 26.0 Å². The van der Waals surface area contributed by atoms with Crippen LogP contribution in [0.25, 0.3) is 39.2 Å². The van der Waals surface area contributed by atoms with Crippen molar-refractivity contribution in [2.45, 2.75) is 38.9 Å². The van der Waals surface area contributed by atoms with Gasteiger partial charge in [-0.3, -0.25) is 18.8 Å². The molecule has 1 aliphatic rings. The van der Waals surface area contributed by atoms with Gasteiger partial charge in [0.1, 0.15) is 5.65 Å². The van der Waals surface area contributed by atoms with E-state index in [0.29, 0.717) is 72.0 Å². The second-order valence-electron chi connectivity index (χ2n) is 12.0. The van der Waals surface area contributed by atoms with Crippen molar-refractivity contribution in [1.82, 2.24) is 35.6 Å². The monoisotopic (exact) mass is 713 g/mol. The summed E-state index contributed by atoms with van der Waals surface area (Å²) in [5.74, 6) is 0.477. The molecule has 4 heterocycles. The van der Waals surface area contributed by atoms with E-state index in [0.717, 1.165) is 39.8 Å². The molecule has 50 heavy (non-hydrogen) atoms. The molecule has 11 nitrogen and oxygen atoms in total. The molecule has 0 radical (unpaired) electrons. The van der Waals surface area contributed by atoms with Crippen molar-refractivity contribution in [1.29, 1.82) is 0 Å². The lowest BCUT2D eigenvalue weighted by atomic mass is 9.97. The minimum absolute atomic E-state index is 0.0908. The maximum absolute atomic E-state index is 13.1. The number of nitrogens with one attached hydrogen (secondary N) is 4. The minimum Gasteiger partial charge on any atom is -0.481 e. The maximum Gasteiger partial charge on any atom is 0.262 e. The van der Waals surface area contributed by atoms with Gasteiger partial charge in [0.15, 0.2) is 0 Å². The van der Waals surface area contributed by atoms with Crippen LogP contribution in [0.3, 0.4) is 0 Å². The molecule has 13 heteroatoms. The molecular formula is C37H37Cl2N7O4. The standard InChI is InChI=1S/C37H37Cl2N7O4/c1-22(47)42-15-14-40-19-25-20-43-32-17-23(13-16-46(32)37(25)49)27-5-3-6-28(34(27)38)29-7-4-8-30(35(29)39)31-11-9-24(36(45-31)50-2)18-41-21-26-10-12-33(48)44-26/h3-9,11,13,16-17,20,26,40-41H,10,12,14-15,18-19,21H2,1-2H3,(H,42,47)(H,44,48)/t26-/m1/s1. The predicted octanol–water partition coefficient (Wildman–Crippen LogP) is 5.00. The average Bonchev–Trinajstić information content (AvgIpc) is 3.53. The molecule has 1 fully saturated rings. The summed E-state index contributed by atoms with van der Waals surface area (Å²) in [5.41, 5.74) is 6.14. The number of carbonyl (C=O) groups is 2. The number of ether oxygens (including phenoxy) is 1. The Kier molecular flexibility index (Phi) is 11.1. The molecule has 0 spiro atoms. The van der Waals surface area contributed by atoms with E-state index in [1.165, 1.54) is 11.3 Å². The highest BCUT2D eigenvalue weighted by Crippen LogP contribution is 2.42. The first-order chi connectivity index (χ1) is 24.2. The number of amides is 2. The molecular weight excluding hydrogens is 677 g/mol. The number of halogens is 2. The van der Waals surface area contributed by atoms with Crippen LogP contribution in [-0.2, 0) is 22.7 Å². The van der Waals surface area contributed by atoms with E-state index in [2.05, 4.69) is 26.3 Å². The summed E-state index contributed by atoms with van der Waals surface area (Å²) in [4.78, 5) is 45.0. The number of benzene rings is 2. The summed E-state index contributed by atoms with van der Waals surface area (Å²) in [6, 6.07) is 19.2. The van der Waals surface area contributed by atoms with Crippen LogP contribution in [0.2, 0.25) is 10.0 Å². The van der Waals surface area contributed by atoms with Crippen LogP contribution in [0.1, 0.15) is 30.9 Å². The molecule has 0 aliphatic carbocycles. The van der Waals surface area contributed by atoms with Crippen molar-refractivity contribution in [2.24, 2.45) is 0 Å². The van der Waals surface area contributed by atoms with Crippen LogP contribution in [0.15, 0.2) is 77.9 Å². The van der Waals surface area contributed by atoms with Crippen molar-refractivity contribution in [2.75, 3.05) is 26.7 Å². The van der Waals surface area contributed by atoms with Crippen LogP contribution in [-0.4, -0.2) is 59.0 Å². The zero-order chi connectivity index (χ0) is 35.2. The summed E-state index contributed by atoms with van der Waals surface area (Å²) in [7, 11) is 1.59. The quantitative estimate of drug-likeness (QED) is 0.125.